The molecule has 3 unspecified atom stereocenters. The summed E-state index contributed by atoms with van der Waals surface area (Å²) < 4.78 is 10.5. The van der Waals surface area contributed by atoms with Crippen LogP contribution in [0.4, 0.5) is 0 Å². The fraction of sp³-hybridized carbons (Fsp3) is 1.00. The van der Waals surface area contributed by atoms with Crippen molar-refractivity contribution in [3.8, 4) is 0 Å². The zero-order valence-corrected chi connectivity index (χ0v) is 11.3. The van der Waals surface area contributed by atoms with Crippen LogP contribution in [0.25, 0.3) is 0 Å². The highest BCUT2D eigenvalue weighted by Gasteiger charge is 2.06. The zero-order valence-electron chi connectivity index (χ0n) is 11.3. The van der Waals surface area contributed by atoms with Crippen molar-refractivity contribution < 1.29 is 19.7 Å². The van der Waals surface area contributed by atoms with Gasteiger partial charge in [-0.25, -0.2) is 0 Å². The minimum Gasteiger partial charge on any atom is -0.394 e. The molecule has 0 aliphatic carbocycles. The quantitative estimate of drug-likeness (QED) is 0.704. The van der Waals surface area contributed by atoms with Crippen LogP contribution in [0.1, 0.15) is 41.0 Å². The predicted molar refractivity (Wildman–Crippen MR) is 65.6 cm³/mol. The third-order valence-corrected chi connectivity index (χ3v) is 1.49. The van der Waals surface area contributed by atoms with Gasteiger partial charge in [-0.2, -0.15) is 0 Å². The maximum Gasteiger partial charge on any atom is 0.0781 e. The van der Waals surface area contributed by atoms with Crippen molar-refractivity contribution in [1.82, 2.24) is 0 Å². The van der Waals surface area contributed by atoms with E-state index < -0.39 is 6.10 Å². The van der Waals surface area contributed by atoms with Gasteiger partial charge in [-0.3, -0.25) is 0 Å². The van der Waals surface area contributed by atoms with Crippen LogP contribution in [0.3, 0.4) is 0 Å². The molecule has 0 aromatic carbocycles. The van der Waals surface area contributed by atoms with Crippen LogP contribution < -0.4 is 0 Å². The lowest BCUT2D eigenvalue weighted by atomic mass is 10.4. The molecule has 4 nitrogen and oxygen atoms in total. The number of rotatable bonds is 7. The van der Waals surface area contributed by atoms with E-state index in [1.165, 1.54) is 6.42 Å². The van der Waals surface area contributed by atoms with Crippen LogP contribution >= 0.6 is 0 Å². The summed E-state index contributed by atoms with van der Waals surface area (Å²) in [6, 6.07) is 0. The Morgan fingerprint density at radius 1 is 0.938 bits per heavy atom. The molecule has 16 heavy (non-hydrogen) atoms. The second-order valence-electron chi connectivity index (χ2n) is 4.03. The molecule has 0 saturated carbocycles. The third-order valence-electron chi connectivity index (χ3n) is 1.49. The average molecular weight is 236 g/mol. The second kappa shape index (κ2) is 12.9. The molecule has 2 N–H and O–H groups in total. The van der Waals surface area contributed by atoms with E-state index >= 15 is 0 Å². The van der Waals surface area contributed by atoms with E-state index in [1.807, 2.05) is 6.92 Å². The molecule has 0 rings (SSSR count). The van der Waals surface area contributed by atoms with Crippen molar-refractivity contribution in [2.45, 2.75) is 59.4 Å². The van der Waals surface area contributed by atoms with Gasteiger partial charge < -0.3 is 19.7 Å². The Balaban J connectivity index is 0. The van der Waals surface area contributed by atoms with E-state index in [0.717, 1.165) is 0 Å². The van der Waals surface area contributed by atoms with Crippen LogP contribution in [-0.4, -0.2) is 48.3 Å². The molecular weight excluding hydrogens is 208 g/mol. The van der Waals surface area contributed by atoms with E-state index in [-0.39, 0.29) is 18.8 Å². The van der Waals surface area contributed by atoms with E-state index in [2.05, 4.69) is 13.8 Å². The molecule has 0 saturated heterocycles. The molecular formula is C12H28O4. The standard InChI is InChI=1S/C9H20O4.C3H8/c1-7(11)5-12-9(3)6-13-8(2)4-10;1-3-2/h7-11H,4-6H2,1-3H3;3H2,1-2H3. The van der Waals surface area contributed by atoms with Gasteiger partial charge in [0.2, 0.25) is 0 Å². The SMILES string of the molecule is CC(O)COC(C)COC(C)CO.CCC. The molecule has 0 spiro atoms. The highest BCUT2D eigenvalue weighted by Crippen LogP contribution is 1.97. The van der Waals surface area contributed by atoms with Crippen molar-refractivity contribution in [3.63, 3.8) is 0 Å². The number of hydrogen-bond donors (Lipinski definition) is 2. The first kappa shape index (κ1) is 18.2. The van der Waals surface area contributed by atoms with Crippen LogP contribution in [0.15, 0.2) is 0 Å². The largest absolute Gasteiger partial charge is 0.394 e. The molecule has 0 bridgehead atoms. The van der Waals surface area contributed by atoms with E-state index in [0.29, 0.717) is 13.2 Å². The summed E-state index contributed by atoms with van der Waals surface area (Å²) in [5.74, 6) is 0. The lowest BCUT2D eigenvalue weighted by molar-refractivity contribution is -0.0620. The van der Waals surface area contributed by atoms with Gasteiger partial charge in [0, 0.05) is 0 Å². The Morgan fingerprint density at radius 2 is 1.38 bits per heavy atom. The van der Waals surface area contributed by atoms with Crippen molar-refractivity contribution >= 4 is 0 Å². The zero-order chi connectivity index (χ0) is 13.0. The summed E-state index contributed by atoms with van der Waals surface area (Å²) >= 11 is 0. The molecule has 0 aliphatic heterocycles. The van der Waals surface area contributed by atoms with Crippen LogP contribution in [-0.2, 0) is 9.47 Å². The maximum atomic E-state index is 8.92. The number of ether oxygens (including phenoxy) is 2. The van der Waals surface area contributed by atoms with Gasteiger partial charge in [0.15, 0.2) is 0 Å². The number of aliphatic hydroxyl groups is 2. The van der Waals surface area contributed by atoms with Gasteiger partial charge in [0.1, 0.15) is 0 Å². The highest BCUT2D eigenvalue weighted by molar-refractivity contribution is 4.52. The Bertz CT molecular complexity index is 128. The van der Waals surface area contributed by atoms with Crippen molar-refractivity contribution in [2.75, 3.05) is 19.8 Å². The molecule has 0 radical (unpaired) electrons. The Morgan fingerprint density at radius 3 is 1.75 bits per heavy atom. The monoisotopic (exact) mass is 236 g/mol. The molecule has 0 aromatic heterocycles. The molecule has 0 heterocycles. The van der Waals surface area contributed by atoms with Crippen molar-refractivity contribution in [1.29, 1.82) is 0 Å². The predicted octanol–water partition coefficient (Wildman–Crippen LogP) is 1.59. The van der Waals surface area contributed by atoms with Gasteiger partial charge >= 0.3 is 0 Å². The Hall–Kier alpha value is -0.160. The topological polar surface area (TPSA) is 58.9 Å². The summed E-state index contributed by atoms with van der Waals surface area (Å²) in [5, 5.41) is 17.6. The fourth-order valence-electron chi connectivity index (χ4n) is 0.704. The van der Waals surface area contributed by atoms with Gasteiger partial charge in [-0.05, 0) is 20.8 Å². The van der Waals surface area contributed by atoms with Crippen molar-refractivity contribution in [2.24, 2.45) is 0 Å². The summed E-state index contributed by atoms with van der Waals surface area (Å²) in [6.45, 7) is 10.4. The summed E-state index contributed by atoms with van der Waals surface area (Å²) in [6.07, 6.45) is 0.596. The molecule has 4 heteroatoms. The normalized spacial score (nSPS) is 15.9. The Labute approximate surface area is 99.6 Å². The van der Waals surface area contributed by atoms with Crippen molar-refractivity contribution in [3.05, 3.63) is 0 Å². The lowest BCUT2D eigenvalue weighted by Crippen LogP contribution is -2.24. The van der Waals surface area contributed by atoms with Gasteiger partial charge in [0.25, 0.3) is 0 Å². The molecule has 0 aromatic rings. The van der Waals surface area contributed by atoms with E-state index in [9.17, 15) is 0 Å². The minimum atomic E-state index is -0.447. The number of hydrogen-bond acceptors (Lipinski definition) is 4. The molecule has 100 valence electrons. The van der Waals surface area contributed by atoms with Gasteiger partial charge in [0.05, 0.1) is 38.1 Å². The first-order valence-electron chi connectivity index (χ1n) is 5.99. The smallest absolute Gasteiger partial charge is 0.0781 e. The van der Waals surface area contributed by atoms with Gasteiger partial charge in [-0.1, -0.05) is 20.3 Å². The summed E-state index contributed by atoms with van der Waals surface area (Å²) in [7, 11) is 0. The Kier molecular flexibility index (Phi) is 14.7. The lowest BCUT2D eigenvalue weighted by Gasteiger charge is -2.16. The number of aliphatic hydroxyl groups excluding tert-OH is 2. The first-order chi connectivity index (χ1) is 7.47. The van der Waals surface area contributed by atoms with Gasteiger partial charge in [-0.15, -0.1) is 0 Å². The first-order valence-corrected chi connectivity index (χ1v) is 5.99. The van der Waals surface area contributed by atoms with E-state index in [1.54, 1.807) is 13.8 Å². The minimum absolute atomic E-state index is 0.0170. The molecule has 0 fully saturated rings. The molecule has 3 atom stereocenters. The summed E-state index contributed by atoms with van der Waals surface area (Å²) in [4.78, 5) is 0. The second-order valence-corrected chi connectivity index (χ2v) is 4.03. The molecule has 0 aliphatic rings. The van der Waals surface area contributed by atoms with Crippen LogP contribution in [0.2, 0.25) is 0 Å². The van der Waals surface area contributed by atoms with Crippen LogP contribution in [0.5, 0.6) is 0 Å². The van der Waals surface area contributed by atoms with E-state index in [4.69, 9.17) is 19.7 Å². The highest BCUT2D eigenvalue weighted by atomic mass is 16.5. The maximum absolute atomic E-state index is 8.92. The fourth-order valence-corrected chi connectivity index (χ4v) is 0.704. The third kappa shape index (κ3) is 16.3. The molecule has 0 amide bonds. The average Bonchev–Trinajstić information content (AvgIpc) is 2.24. The summed E-state index contributed by atoms with van der Waals surface area (Å²) in [5.41, 5.74) is 0. The van der Waals surface area contributed by atoms with Crippen LogP contribution in [0, 0.1) is 0 Å².